The van der Waals surface area contributed by atoms with Crippen LogP contribution in [0, 0.1) is 0 Å². The number of aromatic amines is 1. The lowest BCUT2D eigenvalue weighted by Crippen LogP contribution is -2.19. The molecule has 19 heavy (non-hydrogen) atoms. The van der Waals surface area contributed by atoms with E-state index >= 15 is 0 Å². The van der Waals surface area contributed by atoms with Gasteiger partial charge in [0.25, 0.3) is 0 Å². The van der Waals surface area contributed by atoms with Crippen LogP contribution in [0.15, 0.2) is 46.2 Å². The summed E-state index contributed by atoms with van der Waals surface area (Å²) in [5, 5.41) is 2.59. The van der Waals surface area contributed by atoms with Gasteiger partial charge in [-0.15, -0.1) is 0 Å². The number of anilines is 1. The van der Waals surface area contributed by atoms with Crippen molar-refractivity contribution in [2.45, 2.75) is 12.8 Å². The van der Waals surface area contributed by atoms with Crippen molar-refractivity contribution in [1.82, 2.24) is 9.97 Å². The summed E-state index contributed by atoms with van der Waals surface area (Å²) in [5.74, 6) is -0.194. The van der Waals surface area contributed by atoms with Gasteiger partial charge in [0.15, 0.2) is 0 Å². The number of hydrogen-bond donors (Lipinski definition) is 2. The van der Waals surface area contributed by atoms with E-state index in [1.165, 1.54) is 12.4 Å². The van der Waals surface area contributed by atoms with Crippen LogP contribution in [0.5, 0.6) is 0 Å². The third-order valence-electron chi connectivity index (χ3n) is 2.56. The second kappa shape index (κ2) is 6.29. The highest BCUT2D eigenvalue weighted by atomic mass is 79.9. The van der Waals surface area contributed by atoms with Gasteiger partial charge in [-0.05, 0) is 40.0 Å². The number of pyridine rings is 2. The first kappa shape index (κ1) is 13.5. The lowest BCUT2D eigenvalue weighted by Gasteiger charge is -2.04. The quantitative estimate of drug-likeness (QED) is 0.905. The largest absolute Gasteiger partial charge is 0.365 e. The van der Waals surface area contributed by atoms with Crippen molar-refractivity contribution in [1.29, 1.82) is 0 Å². The molecule has 2 aromatic heterocycles. The molecule has 0 unspecified atom stereocenters. The third-order valence-corrected chi connectivity index (χ3v) is 3.15. The van der Waals surface area contributed by atoms with E-state index in [-0.39, 0.29) is 17.0 Å². The fourth-order valence-electron chi connectivity index (χ4n) is 1.57. The Morgan fingerprint density at radius 1 is 1.32 bits per heavy atom. The van der Waals surface area contributed by atoms with Gasteiger partial charge in [0.05, 0.1) is 4.47 Å². The van der Waals surface area contributed by atoms with Gasteiger partial charge in [0.2, 0.25) is 11.3 Å². The highest BCUT2D eigenvalue weighted by Gasteiger charge is 2.07. The number of carbonyl (C=O) groups is 1. The average molecular weight is 322 g/mol. The highest BCUT2D eigenvalue weighted by Crippen LogP contribution is 2.07. The first-order chi connectivity index (χ1) is 9.16. The zero-order valence-electron chi connectivity index (χ0n) is 10.0. The van der Waals surface area contributed by atoms with Crippen molar-refractivity contribution in [3.63, 3.8) is 0 Å². The van der Waals surface area contributed by atoms with Crippen LogP contribution in [0.3, 0.4) is 0 Å². The van der Waals surface area contributed by atoms with Crippen LogP contribution < -0.4 is 10.7 Å². The zero-order valence-corrected chi connectivity index (χ0v) is 11.6. The Morgan fingerprint density at radius 2 is 2.05 bits per heavy atom. The minimum absolute atomic E-state index is 0.194. The first-order valence-corrected chi connectivity index (χ1v) is 6.51. The fraction of sp³-hybridized carbons (Fsp3) is 0.154. The molecule has 6 heteroatoms. The summed E-state index contributed by atoms with van der Waals surface area (Å²) in [6.07, 6.45) is 7.29. The predicted octanol–water partition coefficient (Wildman–Crippen LogP) is 2.10. The summed E-state index contributed by atoms with van der Waals surface area (Å²) >= 11 is 3.11. The van der Waals surface area contributed by atoms with Gasteiger partial charge < -0.3 is 10.3 Å². The summed E-state index contributed by atoms with van der Waals surface area (Å²) in [6, 6.07) is 3.72. The van der Waals surface area contributed by atoms with Crippen molar-refractivity contribution in [2.24, 2.45) is 0 Å². The van der Waals surface area contributed by atoms with Gasteiger partial charge in [-0.1, -0.05) is 0 Å². The summed E-state index contributed by atoms with van der Waals surface area (Å²) < 4.78 is 0.388. The molecule has 0 atom stereocenters. The number of carbonyl (C=O) groups excluding carboxylic acids is 1. The van der Waals surface area contributed by atoms with Gasteiger partial charge in [-0.3, -0.25) is 14.6 Å². The molecule has 98 valence electrons. The molecule has 0 saturated heterocycles. The van der Waals surface area contributed by atoms with Crippen molar-refractivity contribution >= 4 is 27.5 Å². The van der Waals surface area contributed by atoms with E-state index in [0.29, 0.717) is 17.3 Å². The Balaban J connectivity index is 1.95. The molecule has 2 aromatic rings. The van der Waals surface area contributed by atoms with E-state index in [2.05, 4.69) is 31.2 Å². The Bertz CT molecular complexity index is 625. The van der Waals surface area contributed by atoms with Crippen molar-refractivity contribution in [3.8, 4) is 0 Å². The Morgan fingerprint density at radius 3 is 2.79 bits per heavy atom. The summed E-state index contributed by atoms with van der Waals surface area (Å²) in [7, 11) is 0. The minimum Gasteiger partial charge on any atom is -0.365 e. The topological polar surface area (TPSA) is 74.8 Å². The van der Waals surface area contributed by atoms with Crippen molar-refractivity contribution in [2.75, 3.05) is 5.32 Å². The SMILES string of the molecule is O=C(CCc1ccncc1)Nc1c[nH]cc(Br)c1=O. The molecule has 0 aromatic carbocycles. The monoisotopic (exact) mass is 321 g/mol. The molecule has 0 bridgehead atoms. The summed E-state index contributed by atoms with van der Waals surface area (Å²) in [5.41, 5.74) is 1.04. The zero-order chi connectivity index (χ0) is 13.7. The maximum Gasteiger partial charge on any atom is 0.224 e. The Hall–Kier alpha value is -1.95. The number of nitrogens with zero attached hydrogens (tertiary/aromatic N) is 1. The van der Waals surface area contributed by atoms with E-state index in [4.69, 9.17) is 0 Å². The van der Waals surface area contributed by atoms with E-state index < -0.39 is 0 Å². The molecule has 2 N–H and O–H groups in total. The maximum absolute atomic E-state index is 11.8. The second-order valence-electron chi connectivity index (χ2n) is 3.95. The van der Waals surface area contributed by atoms with Gasteiger partial charge in [0, 0.05) is 31.2 Å². The van der Waals surface area contributed by atoms with E-state index in [1.807, 2.05) is 12.1 Å². The number of hydrogen-bond acceptors (Lipinski definition) is 3. The van der Waals surface area contributed by atoms with Crippen LogP contribution in [0.1, 0.15) is 12.0 Å². The van der Waals surface area contributed by atoms with E-state index in [1.54, 1.807) is 12.4 Å². The molecule has 0 aliphatic carbocycles. The molecule has 2 heterocycles. The van der Waals surface area contributed by atoms with Crippen LogP contribution in [0.2, 0.25) is 0 Å². The maximum atomic E-state index is 11.8. The third kappa shape index (κ3) is 3.75. The summed E-state index contributed by atoms with van der Waals surface area (Å²) in [6.45, 7) is 0. The molecule has 0 fully saturated rings. The van der Waals surface area contributed by atoms with Gasteiger partial charge in [-0.25, -0.2) is 0 Å². The van der Waals surface area contributed by atoms with Crippen LogP contribution in [0.4, 0.5) is 5.69 Å². The van der Waals surface area contributed by atoms with E-state index in [9.17, 15) is 9.59 Å². The lowest BCUT2D eigenvalue weighted by atomic mass is 10.1. The Labute approximate surface area is 118 Å². The number of aromatic nitrogens is 2. The molecule has 0 radical (unpaired) electrons. The highest BCUT2D eigenvalue weighted by molar-refractivity contribution is 9.10. The van der Waals surface area contributed by atoms with Crippen LogP contribution in [-0.2, 0) is 11.2 Å². The first-order valence-electron chi connectivity index (χ1n) is 5.72. The number of rotatable bonds is 4. The van der Waals surface area contributed by atoms with Crippen LogP contribution >= 0.6 is 15.9 Å². The predicted molar refractivity (Wildman–Crippen MR) is 76.0 cm³/mol. The molecule has 0 aliphatic heterocycles. The molecular formula is C13H12BrN3O2. The molecule has 0 saturated carbocycles. The standard InChI is InChI=1S/C13H12BrN3O2/c14-10-7-16-8-11(13(10)19)17-12(18)2-1-9-3-5-15-6-4-9/h3-8H,1-2H2,(H,16,19)(H,17,18). The van der Waals surface area contributed by atoms with Gasteiger partial charge >= 0.3 is 0 Å². The molecule has 5 nitrogen and oxygen atoms in total. The molecule has 2 rings (SSSR count). The molecular weight excluding hydrogens is 310 g/mol. The van der Waals surface area contributed by atoms with E-state index in [0.717, 1.165) is 5.56 Å². The van der Waals surface area contributed by atoms with Crippen molar-refractivity contribution < 1.29 is 4.79 Å². The molecule has 0 spiro atoms. The number of H-pyrrole nitrogens is 1. The number of aryl methyl sites for hydroxylation is 1. The Kier molecular flexibility index (Phi) is 4.46. The average Bonchev–Trinajstić information content (AvgIpc) is 2.43. The second-order valence-corrected chi connectivity index (χ2v) is 4.80. The van der Waals surface area contributed by atoms with Crippen LogP contribution in [-0.4, -0.2) is 15.9 Å². The molecule has 0 aliphatic rings. The summed E-state index contributed by atoms with van der Waals surface area (Å²) in [4.78, 5) is 30.1. The molecule has 1 amide bonds. The van der Waals surface area contributed by atoms with Crippen LogP contribution in [0.25, 0.3) is 0 Å². The van der Waals surface area contributed by atoms with Gasteiger partial charge in [-0.2, -0.15) is 0 Å². The number of nitrogens with one attached hydrogen (secondary N) is 2. The van der Waals surface area contributed by atoms with Gasteiger partial charge in [0.1, 0.15) is 5.69 Å². The number of halogens is 1. The smallest absolute Gasteiger partial charge is 0.224 e. The minimum atomic E-state index is -0.240. The fourth-order valence-corrected chi connectivity index (χ4v) is 1.92. The number of amides is 1. The van der Waals surface area contributed by atoms with Crippen molar-refractivity contribution in [3.05, 3.63) is 57.2 Å². The lowest BCUT2D eigenvalue weighted by molar-refractivity contribution is -0.116. The normalized spacial score (nSPS) is 10.2.